The van der Waals surface area contributed by atoms with Crippen molar-refractivity contribution in [3.05, 3.63) is 46.0 Å². The highest BCUT2D eigenvalue weighted by Gasteiger charge is 2.61. The van der Waals surface area contributed by atoms with Gasteiger partial charge in [0.2, 0.25) is 5.91 Å². The van der Waals surface area contributed by atoms with Gasteiger partial charge in [-0.05, 0) is 172 Å². The number of nitrogens with two attached hydrogens (primary N) is 1. The molecule has 13 unspecified atom stereocenters. The number of nitrogens with one attached hydrogen (secondary N) is 2. The lowest BCUT2D eigenvalue weighted by atomic mass is 9.42. The number of amides is 2. The minimum Gasteiger partial charge on any atom is -0.481 e. The zero-order valence-corrected chi connectivity index (χ0v) is 37.3. The average Bonchev–Trinajstić information content (AvgIpc) is 3.49. The van der Waals surface area contributed by atoms with Crippen LogP contribution in [0.15, 0.2) is 35.4 Å². The van der Waals surface area contributed by atoms with Gasteiger partial charge in [-0.1, -0.05) is 51.8 Å². The van der Waals surface area contributed by atoms with Crippen molar-refractivity contribution < 1.29 is 34.2 Å². The number of unbranched alkanes of at least 4 members (excludes halogenated alkanes) is 1. The van der Waals surface area contributed by atoms with E-state index >= 15 is 0 Å². The van der Waals surface area contributed by atoms with E-state index < -0.39 is 23.0 Å². The second-order valence-corrected chi connectivity index (χ2v) is 21.3. The number of aliphatic carboxylic acids is 1. The van der Waals surface area contributed by atoms with Crippen LogP contribution in [0.4, 0.5) is 0 Å². The van der Waals surface area contributed by atoms with E-state index in [1.165, 1.54) is 5.57 Å². The summed E-state index contributed by atoms with van der Waals surface area (Å²) >= 11 is 6.03. The van der Waals surface area contributed by atoms with E-state index in [2.05, 4.69) is 38.3 Å². The Morgan fingerprint density at radius 1 is 0.933 bits per heavy atom. The summed E-state index contributed by atoms with van der Waals surface area (Å²) in [6.07, 6.45) is 11.4. The quantitative estimate of drug-likeness (QED) is 0.0869. The third kappa shape index (κ3) is 8.39. The number of Topliss-reactive ketones (excluding diaryl/α,β-unsaturated/α-hetero) is 2. The van der Waals surface area contributed by atoms with E-state index in [0.717, 1.165) is 56.9 Å². The van der Waals surface area contributed by atoms with Gasteiger partial charge < -0.3 is 26.6 Å². The zero-order valence-electron chi connectivity index (χ0n) is 36.6. The first-order valence-corrected chi connectivity index (χ1v) is 23.6. The van der Waals surface area contributed by atoms with Gasteiger partial charge >= 0.3 is 5.97 Å². The van der Waals surface area contributed by atoms with E-state index in [1.807, 2.05) is 6.92 Å². The first kappa shape index (κ1) is 45.0. The minimum absolute atomic E-state index is 0.0645. The van der Waals surface area contributed by atoms with Crippen LogP contribution in [0, 0.1) is 75.9 Å². The Morgan fingerprint density at radius 2 is 1.65 bits per heavy atom. The molecule has 13 atom stereocenters. The predicted octanol–water partition coefficient (Wildman–Crippen LogP) is 8.14. The molecule has 5 fully saturated rings. The summed E-state index contributed by atoms with van der Waals surface area (Å²) in [6.45, 7) is 11.4. The lowest BCUT2D eigenvalue weighted by molar-refractivity contribution is -0.154. The Bertz CT molecular complexity index is 1860. The number of fused-ring (bicyclic) bond motifs is 7. The van der Waals surface area contributed by atoms with Crippen LogP contribution in [0.5, 0.6) is 0 Å². The summed E-state index contributed by atoms with van der Waals surface area (Å²) in [7, 11) is 0. The monoisotopic (exact) mass is 847 g/mol. The maximum Gasteiger partial charge on any atom is 0.306 e. The minimum atomic E-state index is -1.69. The number of carboxylic acids is 1. The third-order valence-electron chi connectivity index (χ3n) is 17.4. The van der Waals surface area contributed by atoms with Crippen LogP contribution in [0.2, 0.25) is 5.02 Å². The second-order valence-electron chi connectivity index (χ2n) is 20.9. The number of aliphatic hydroxyl groups is 1. The summed E-state index contributed by atoms with van der Waals surface area (Å²) < 4.78 is 0. The van der Waals surface area contributed by atoms with Crippen molar-refractivity contribution in [3.8, 4) is 0 Å². The van der Waals surface area contributed by atoms with Gasteiger partial charge in [0, 0.05) is 41.2 Å². The fourth-order valence-electron chi connectivity index (χ4n) is 14.3. The lowest BCUT2D eigenvalue weighted by Gasteiger charge is -2.63. The Morgan fingerprint density at radius 3 is 2.32 bits per heavy atom. The Balaban J connectivity index is 1.03. The van der Waals surface area contributed by atoms with Crippen molar-refractivity contribution in [1.82, 2.24) is 10.6 Å². The Hall–Kier alpha value is -3.08. The number of hydrogen-bond donors (Lipinski definition) is 5. The van der Waals surface area contributed by atoms with E-state index in [9.17, 15) is 34.2 Å². The summed E-state index contributed by atoms with van der Waals surface area (Å²) in [5.74, 6) is 1.73. The number of allylic oxidation sites excluding steroid dienone is 2. The number of carboxylic acid groups (broad SMARTS) is 1. The predicted molar refractivity (Wildman–Crippen MR) is 231 cm³/mol. The van der Waals surface area contributed by atoms with E-state index in [1.54, 1.807) is 24.3 Å². The SMILES string of the molecule is CC(C)C1=C2C3CCC4C(CCC5C(C)C(CC(=O)C6CC(C(=O)O)C6C)CCC54C)C3CCC2(CC(=O)NCC(O)(CCCCN)NC(=O)c2ccc(Cl)cc2)CC1=O. The standard InChI is InChI=1S/C49H70ClN3O7/c1-27(2)43-41(55)24-48(25-42(56)52-26-49(60,18-6-7-21-51)53-45(57)30-8-10-32(50)11-9-30)20-17-33-34-12-14-38-28(3)31(22-40(54)36-23-37(29(36)4)46(58)59)16-19-47(38,5)39(34)15-13-35(33)44(43)48/h8-11,27-29,31,33-39,60H,6-7,12-26,51H2,1-5H3,(H,52,56)(H,53,57)(H,58,59). The maximum atomic E-state index is 14.1. The first-order chi connectivity index (χ1) is 28.4. The Kier molecular flexibility index (Phi) is 13.2. The van der Waals surface area contributed by atoms with Crippen molar-refractivity contribution in [2.45, 2.75) is 137 Å². The zero-order chi connectivity index (χ0) is 43.3. The lowest BCUT2D eigenvalue weighted by Crippen LogP contribution is -2.56. The van der Waals surface area contributed by atoms with Crippen molar-refractivity contribution in [2.24, 2.45) is 81.7 Å². The van der Waals surface area contributed by atoms with Crippen LogP contribution in [0.3, 0.4) is 0 Å². The topological polar surface area (TPSA) is 176 Å². The maximum absolute atomic E-state index is 14.1. The highest BCUT2D eigenvalue weighted by atomic mass is 35.5. The van der Waals surface area contributed by atoms with Gasteiger partial charge in [0.1, 0.15) is 5.78 Å². The van der Waals surface area contributed by atoms with Gasteiger partial charge in [-0.3, -0.25) is 24.0 Å². The van der Waals surface area contributed by atoms with Crippen LogP contribution in [-0.2, 0) is 19.2 Å². The molecule has 0 aliphatic heterocycles. The normalized spacial score (nSPS) is 36.9. The molecule has 5 saturated carbocycles. The van der Waals surface area contributed by atoms with Crippen molar-refractivity contribution in [3.63, 3.8) is 0 Å². The molecule has 6 aliphatic rings. The molecule has 2 amide bonds. The summed E-state index contributed by atoms with van der Waals surface area (Å²) in [5.41, 5.74) is 6.26. The molecule has 6 N–H and O–H groups in total. The van der Waals surface area contributed by atoms with E-state index in [-0.39, 0.29) is 71.9 Å². The molecule has 330 valence electrons. The van der Waals surface area contributed by atoms with Gasteiger partial charge in [-0.25, -0.2) is 0 Å². The molecule has 0 bridgehead atoms. The number of benzene rings is 1. The molecular formula is C49H70ClN3O7. The summed E-state index contributed by atoms with van der Waals surface area (Å²) in [4.78, 5) is 66.3. The van der Waals surface area contributed by atoms with Gasteiger partial charge in [0.05, 0.1) is 12.5 Å². The number of halogens is 1. The molecule has 1 aromatic carbocycles. The van der Waals surface area contributed by atoms with Gasteiger partial charge in [0.15, 0.2) is 11.5 Å². The smallest absolute Gasteiger partial charge is 0.306 e. The van der Waals surface area contributed by atoms with Gasteiger partial charge in [0.25, 0.3) is 5.91 Å². The number of hydrogen-bond acceptors (Lipinski definition) is 7. The summed E-state index contributed by atoms with van der Waals surface area (Å²) in [5, 5.41) is 27.5. The Labute approximate surface area is 362 Å². The van der Waals surface area contributed by atoms with Crippen molar-refractivity contribution in [1.29, 1.82) is 0 Å². The molecule has 10 nitrogen and oxygen atoms in total. The van der Waals surface area contributed by atoms with E-state index in [0.29, 0.717) is 84.7 Å². The molecule has 0 heterocycles. The molecule has 0 spiro atoms. The van der Waals surface area contributed by atoms with Crippen molar-refractivity contribution >= 4 is 41.0 Å². The molecule has 60 heavy (non-hydrogen) atoms. The highest BCUT2D eigenvalue weighted by Crippen LogP contribution is 2.68. The molecule has 0 radical (unpaired) electrons. The van der Waals surface area contributed by atoms with Crippen LogP contribution >= 0.6 is 11.6 Å². The van der Waals surface area contributed by atoms with Gasteiger partial charge in [-0.15, -0.1) is 0 Å². The van der Waals surface area contributed by atoms with Crippen LogP contribution in [0.1, 0.15) is 141 Å². The molecule has 0 saturated heterocycles. The number of carbonyl (C=O) groups excluding carboxylic acids is 4. The molecule has 0 aromatic heterocycles. The second kappa shape index (κ2) is 17.6. The van der Waals surface area contributed by atoms with Crippen LogP contribution in [0.25, 0.3) is 0 Å². The number of rotatable bonds is 15. The molecule has 11 heteroatoms. The molecule has 7 rings (SSSR count). The summed E-state index contributed by atoms with van der Waals surface area (Å²) in [6, 6.07) is 6.42. The van der Waals surface area contributed by atoms with Crippen LogP contribution in [-0.4, -0.2) is 58.4 Å². The van der Waals surface area contributed by atoms with Crippen molar-refractivity contribution in [2.75, 3.05) is 13.1 Å². The third-order valence-corrected chi connectivity index (χ3v) is 17.7. The molecule has 6 aliphatic carbocycles. The van der Waals surface area contributed by atoms with Gasteiger partial charge in [-0.2, -0.15) is 0 Å². The largest absolute Gasteiger partial charge is 0.481 e. The fourth-order valence-corrected chi connectivity index (χ4v) is 14.4. The average molecular weight is 849 g/mol. The number of carbonyl (C=O) groups is 5. The number of ketones is 2. The fraction of sp³-hybridized carbons (Fsp3) is 0.735. The van der Waals surface area contributed by atoms with Crippen LogP contribution < -0.4 is 16.4 Å². The highest BCUT2D eigenvalue weighted by molar-refractivity contribution is 6.30. The first-order valence-electron chi connectivity index (χ1n) is 23.2. The van der Waals surface area contributed by atoms with E-state index in [4.69, 9.17) is 17.3 Å². The molecule has 1 aromatic rings. The molecular weight excluding hydrogens is 778 g/mol.